The number of alkyl halides is 3. The topological polar surface area (TPSA) is 94.0 Å². The van der Waals surface area contributed by atoms with Crippen LogP contribution in [-0.2, 0) is 4.79 Å². The summed E-state index contributed by atoms with van der Waals surface area (Å²) in [6.07, 6.45) is -4.49. The van der Waals surface area contributed by atoms with E-state index >= 15 is 0 Å². The van der Waals surface area contributed by atoms with E-state index in [0.717, 1.165) is 0 Å². The number of carbonyl (C=O) groups is 2. The summed E-state index contributed by atoms with van der Waals surface area (Å²) < 4.78 is 36.4. The van der Waals surface area contributed by atoms with Gasteiger partial charge in [-0.25, -0.2) is 0 Å². The summed E-state index contributed by atoms with van der Waals surface area (Å²) in [5.41, 5.74) is -0.593. The van der Waals surface area contributed by atoms with Crippen molar-refractivity contribution in [3.63, 3.8) is 0 Å². The number of nitrogens with one attached hydrogen (secondary N) is 3. The molecular weight excluding hydrogens is 349 g/mol. The number of nitriles is 1. The van der Waals surface area contributed by atoms with Crippen LogP contribution in [-0.4, -0.2) is 36.6 Å². The molecule has 0 aliphatic heterocycles. The van der Waals surface area contributed by atoms with E-state index < -0.39 is 30.1 Å². The van der Waals surface area contributed by atoms with Gasteiger partial charge in [0, 0.05) is 11.3 Å². The van der Waals surface area contributed by atoms with Gasteiger partial charge in [-0.05, 0) is 31.0 Å². The van der Waals surface area contributed by atoms with Gasteiger partial charge in [-0.2, -0.15) is 18.4 Å². The Hall–Kier alpha value is -2.76. The molecule has 0 aliphatic rings. The van der Waals surface area contributed by atoms with Gasteiger partial charge in [0.25, 0.3) is 5.91 Å². The molecule has 6 nitrogen and oxygen atoms in total. The fourth-order valence-corrected chi connectivity index (χ4v) is 1.87. The van der Waals surface area contributed by atoms with Crippen LogP contribution in [0.1, 0.15) is 31.1 Å². The molecule has 0 saturated carbocycles. The number of amides is 2. The van der Waals surface area contributed by atoms with E-state index in [1.165, 1.54) is 18.2 Å². The summed E-state index contributed by atoms with van der Waals surface area (Å²) in [6.45, 7) is 3.65. The Morgan fingerprint density at radius 3 is 2.46 bits per heavy atom. The van der Waals surface area contributed by atoms with E-state index in [2.05, 4.69) is 16.7 Å². The van der Waals surface area contributed by atoms with E-state index in [4.69, 9.17) is 0 Å². The van der Waals surface area contributed by atoms with Crippen molar-refractivity contribution in [3.8, 4) is 6.07 Å². The Labute approximate surface area is 149 Å². The van der Waals surface area contributed by atoms with Crippen LogP contribution in [0.5, 0.6) is 0 Å². The maximum Gasteiger partial charge on any atom is 0.405 e. The van der Waals surface area contributed by atoms with E-state index in [9.17, 15) is 28.0 Å². The van der Waals surface area contributed by atoms with Crippen molar-refractivity contribution in [1.82, 2.24) is 10.6 Å². The summed E-state index contributed by atoms with van der Waals surface area (Å²) in [5, 5.41) is 16.4. The second-order valence-corrected chi connectivity index (χ2v) is 6.25. The number of hydrogen-bond donors (Lipinski definition) is 3. The van der Waals surface area contributed by atoms with E-state index in [-0.39, 0.29) is 18.0 Å². The third-order valence-corrected chi connectivity index (χ3v) is 3.81. The predicted octanol–water partition coefficient (Wildman–Crippen LogP) is 2.45. The lowest BCUT2D eigenvalue weighted by Gasteiger charge is -2.27. The highest BCUT2D eigenvalue weighted by Gasteiger charge is 2.30. The average Bonchev–Trinajstić information content (AvgIpc) is 2.57. The second kappa shape index (κ2) is 8.56. The van der Waals surface area contributed by atoms with Crippen LogP contribution in [0.4, 0.5) is 18.9 Å². The predicted molar refractivity (Wildman–Crippen MR) is 90.3 cm³/mol. The van der Waals surface area contributed by atoms with Crippen LogP contribution < -0.4 is 16.0 Å². The first-order valence-electron chi connectivity index (χ1n) is 7.88. The Morgan fingerprint density at radius 1 is 1.27 bits per heavy atom. The lowest BCUT2D eigenvalue weighted by atomic mass is 9.90. The third-order valence-electron chi connectivity index (χ3n) is 3.81. The highest BCUT2D eigenvalue weighted by Crippen LogP contribution is 2.16. The molecular formula is C17H21F3N4O2. The number of nitrogens with zero attached hydrogens (tertiary/aromatic N) is 1. The van der Waals surface area contributed by atoms with Gasteiger partial charge < -0.3 is 16.0 Å². The molecule has 0 bridgehead atoms. The molecule has 26 heavy (non-hydrogen) atoms. The van der Waals surface area contributed by atoms with Gasteiger partial charge >= 0.3 is 6.18 Å². The van der Waals surface area contributed by atoms with E-state index in [0.29, 0.717) is 5.69 Å². The number of hydrogen-bond acceptors (Lipinski definition) is 4. The summed E-state index contributed by atoms with van der Waals surface area (Å²) in [6, 6.07) is 7.81. The largest absolute Gasteiger partial charge is 0.405 e. The van der Waals surface area contributed by atoms with Crippen molar-refractivity contribution < 1.29 is 22.8 Å². The fraction of sp³-hybridized carbons (Fsp3) is 0.471. The number of rotatable bonds is 7. The Balaban J connectivity index is 2.65. The molecule has 142 valence electrons. The number of anilines is 1. The van der Waals surface area contributed by atoms with E-state index in [1.807, 2.05) is 0 Å². The van der Waals surface area contributed by atoms with Gasteiger partial charge in [-0.1, -0.05) is 19.9 Å². The third kappa shape index (κ3) is 6.63. The molecule has 1 aromatic carbocycles. The van der Waals surface area contributed by atoms with Gasteiger partial charge in [0.2, 0.25) is 5.91 Å². The SMILES string of the molecule is CC(C)[C@@](C)(C#N)NC(=O)CNc1cccc(C(=O)NCC(F)(F)F)c1. The van der Waals surface area contributed by atoms with Crippen molar-refractivity contribution in [3.05, 3.63) is 29.8 Å². The quantitative estimate of drug-likeness (QED) is 0.687. The van der Waals surface area contributed by atoms with E-state index in [1.54, 1.807) is 32.2 Å². The van der Waals surface area contributed by atoms with Crippen molar-refractivity contribution in [1.29, 1.82) is 5.26 Å². The molecule has 0 fully saturated rings. The van der Waals surface area contributed by atoms with Gasteiger partial charge in [0.1, 0.15) is 12.1 Å². The molecule has 0 unspecified atom stereocenters. The molecule has 0 aliphatic carbocycles. The van der Waals surface area contributed by atoms with Gasteiger partial charge in [0.05, 0.1) is 12.6 Å². The average molecular weight is 370 g/mol. The zero-order chi connectivity index (χ0) is 20.0. The zero-order valence-electron chi connectivity index (χ0n) is 14.7. The normalized spacial score (nSPS) is 13.5. The fourth-order valence-electron chi connectivity index (χ4n) is 1.87. The zero-order valence-corrected chi connectivity index (χ0v) is 14.7. The van der Waals surface area contributed by atoms with Crippen molar-refractivity contribution >= 4 is 17.5 Å². The van der Waals surface area contributed by atoms with Gasteiger partial charge in [-0.15, -0.1) is 0 Å². The molecule has 9 heteroatoms. The minimum absolute atomic E-state index is 0.0312. The van der Waals surface area contributed by atoms with Crippen molar-refractivity contribution in [2.24, 2.45) is 5.92 Å². The molecule has 0 spiro atoms. The van der Waals surface area contributed by atoms with Crippen LogP contribution in [0.2, 0.25) is 0 Å². The maximum atomic E-state index is 12.1. The number of benzene rings is 1. The summed E-state index contributed by atoms with van der Waals surface area (Å²) in [5.74, 6) is -1.39. The summed E-state index contributed by atoms with van der Waals surface area (Å²) in [4.78, 5) is 23.7. The van der Waals surface area contributed by atoms with Crippen molar-refractivity contribution in [2.45, 2.75) is 32.5 Å². The summed E-state index contributed by atoms with van der Waals surface area (Å²) in [7, 11) is 0. The highest BCUT2D eigenvalue weighted by atomic mass is 19.4. The van der Waals surface area contributed by atoms with Gasteiger partial charge in [-0.3, -0.25) is 9.59 Å². The molecule has 3 N–H and O–H groups in total. The van der Waals surface area contributed by atoms with Crippen LogP contribution in [0.25, 0.3) is 0 Å². The Morgan fingerprint density at radius 2 is 1.92 bits per heavy atom. The molecule has 0 radical (unpaired) electrons. The molecule has 1 atom stereocenters. The lowest BCUT2D eigenvalue weighted by Crippen LogP contribution is -2.50. The van der Waals surface area contributed by atoms with Crippen molar-refractivity contribution in [2.75, 3.05) is 18.4 Å². The molecule has 1 aromatic rings. The monoisotopic (exact) mass is 370 g/mol. The van der Waals surface area contributed by atoms with Crippen LogP contribution in [0.15, 0.2) is 24.3 Å². The first-order chi connectivity index (χ1) is 12.0. The molecule has 0 heterocycles. The first-order valence-corrected chi connectivity index (χ1v) is 7.88. The minimum Gasteiger partial charge on any atom is -0.376 e. The standard InChI is InChI=1S/C17H21F3N4O2/c1-11(2)16(3,9-21)24-14(25)8-22-13-6-4-5-12(7-13)15(26)23-10-17(18,19)20/h4-7,11,22H,8,10H2,1-3H3,(H,23,26)(H,24,25)/t16-/m1/s1. The smallest absolute Gasteiger partial charge is 0.376 e. The molecule has 0 aromatic heterocycles. The summed E-state index contributed by atoms with van der Waals surface area (Å²) >= 11 is 0. The van der Waals surface area contributed by atoms with Crippen LogP contribution in [0.3, 0.4) is 0 Å². The van der Waals surface area contributed by atoms with Crippen LogP contribution >= 0.6 is 0 Å². The molecule has 0 saturated heterocycles. The highest BCUT2D eigenvalue weighted by molar-refractivity contribution is 5.95. The second-order valence-electron chi connectivity index (χ2n) is 6.25. The van der Waals surface area contributed by atoms with Crippen LogP contribution in [0, 0.1) is 17.2 Å². The number of halogens is 3. The molecule has 1 rings (SSSR count). The lowest BCUT2D eigenvalue weighted by molar-refractivity contribution is -0.123. The maximum absolute atomic E-state index is 12.1. The van der Waals surface area contributed by atoms with Gasteiger partial charge in [0.15, 0.2) is 0 Å². The Kier molecular flexibility index (Phi) is 7.01. The molecule has 2 amide bonds. The number of carbonyl (C=O) groups excluding carboxylic acids is 2. The first kappa shape index (κ1) is 21.3. The minimum atomic E-state index is -4.49. The Bertz CT molecular complexity index is 698.